The molecule has 3 heteroatoms. The van der Waals surface area contributed by atoms with Gasteiger partial charge in [0.15, 0.2) is 12.8 Å². The molecule has 2 nitrogen and oxygen atoms in total. The van der Waals surface area contributed by atoms with Crippen LogP contribution in [0.25, 0.3) is 0 Å². The van der Waals surface area contributed by atoms with Crippen molar-refractivity contribution >= 4 is 11.9 Å². The first-order valence-electron chi connectivity index (χ1n) is 6.04. The Morgan fingerprint density at radius 3 is 2.63 bits per heavy atom. The van der Waals surface area contributed by atoms with Gasteiger partial charge in [-0.2, -0.15) is 9.84 Å². The summed E-state index contributed by atoms with van der Waals surface area (Å²) in [7, 11) is 0. The van der Waals surface area contributed by atoms with Crippen molar-refractivity contribution in [2.75, 3.05) is 0 Å². The second-order valence-corrected chi connectivity index (χ2v) is 4.41. The van der Waals surface area contributed by atoms with Gasteiger partial charge in [0.2, 0.25) is 5.69 Å². The van der Waals surface area contributed by atoms with E-state index < -0.39 is 0 Å². The zero-order chi connectivity index (χ0) is 12.4. The molecular formula is C16H13BrN2. The number of nitriles is 1. The van der Waals surface area contributed by atoms with Gasteiger partial charge in [0.1, 0.15) is 0 Å². The second kappa shape index (κ2) is 5.81. The molecular weight excluding hydrogens is 300 g/mol. The Bertz CT molecular complexity index is 668. The van der Waals surface area contributed by atoms with Crippen molar-refractivity contribution in [1.29, 1.82) is 5.26 Å². The molecule has 0 N–H and O–H groups in total. The van der Waals surface area contributed by atoms with Crippen LogP contribution in [0.1, 0.15) is 16.7 Å². The van der Waals surface area contributed by atoms with Gasteiger partial charge in [0, 0.05) is 17.2 Å². The van der Waals surface area contributed by atoms with Crippen molar-refractivity contribution in [3.8, 4) is 6.07 Å². The lowest BCUT2D eigenvalue weighted by atomic mass is 10.1. The smallest absolute Gasteiger partial charge is 0.208 e. The summed E-state index contributed by atoms with van der Waals surface area (Å²) in [6.07, 6.45) is 3.17. The van der Waals surface area contributed by atoms with E-state index in [0.29, 0.717) is 0 Å². The summed E-state index contributed by atoms with van der Waals surface area (Å²) >= 11 is 0. The molecule has 19 heavy (non-hydrogen) atoms. The maximum absolute atomic E-state index is 9.11. The Balaban J connectivity index is 0.00000133. The molecule has 1 aliphatic rings. The Morgan fingerprint density at radius 1 is 1.05 bits per heavy atom. The molecule has 1 heterocycles. The van der Waals surface area contributed by atoms with Crippen molar-refractivity contribution in [3.05, 3.63) is 65.2 Å². The maximum Gasteiger partial charge on any atom is 0.208 e. The minimum Gasteiger partial charge on any atom is -1.00 e. The molecule has 3 rings (SSSR count). The molecule has 0 spiro atoms. The minimum atomic E-state index is 0. The average Bonchev–Trinajstić information content (AvgIpc) is 2.83. The topological polar surface area (TPSA) is 26.8 Å². The van der Waals surface area contributed by atoms with E-state index in [4.69, 9.17) is 5.26 Å². The second-order valence-electron chi connectivity index (χ2n) is 4.41. The number of halogens is 1. The Hall–Kier alpha value is -1.92. The third-order valence-electron chi connectivity index (χ3n) is 3.31. The van der Waals surface area contributed by atoms with Gasteiger partial charge in [-0.25, -0.2) is 0 Å². The van der Waals surface area contributed by atoms with Crippen LogP contribution in [0.3, 0.4) is 0 Å². The molecule has 0 amide bonds. The lowest BCUT2D eigenvalue weighted by molar-refractivity contribution is -0.450. The Labute approximate surface area is 123 Å². The van der Waals surface area contributed by atoms with Gasteiger partial charge in [-0.1, -0.05) is 36.4 Å². The lowest BCUT2D eigenvalue weighted by Crippen LogP contribution is -3.00. The molecule has 0 saturated heterocycles. The number of hydrogen-bond donors (Lipinski definition) is 0. The van der Waals surface area contributed by atoms with Crippen LogP contribution in [0, 0.1) is 11.3 Å². The molecule has 0 saturated carbocycles. The van der Waals surface area contributed by atoms with Crippen LogP contribution >= 0.6 is 0 Å². The van der Waals surface area contributed by atoms with E-state index >= 15 is 0 Å². The van der Waals surface area contributed by atoms with Crippen LogP contribution in [0.15, 0.2) is 48.5 Å². The summed E-state index contributed by atoms with van der Waals surface area (Å²) in [4.78, 5) is 0. The quantitative estimate of drug-likeness (QED) is 0.719. The summed E-state index contributed by atoms with van der Waals surface area (Å²) in [6, 6.07) is 18.5. The van der Waals surface area contributed by atoms with E-state index in [1.54, 1.807) is 0 Å². The normalized spacial score (nSPS) is 12.1. The van der Waals surface area contributed by atoms with Crippen LogP contribution in [0.5, 0.6) is 0 Å². The van der Waals surface area contributed by atoms with Crippen molar-refractivity contribution in [2.24, 2.45) is 0 Å². The fraction of sp³-hybridized carbons (Fsp3) is 0.125. The van der Waals surface area contributed by atoms with Crippen molar-refractivity contribution < 1.29 is 21.6 Å². The summed E-state index contributed by atoms with van der Waals surface area (Å²) in [5.74, 6) is 0. The number of benzene rings is 2. The number of para-hydroxylation sites is 1. The molecule has 0 aromatic heterocycles. The minimum absolute atomic E-state index is 0. The average molecular weight is 313 g/mol. The van der Waals surface area contributed by atoms with E-state index in [0.717, 1.165) is 24.1 Å². The summed E-state index contributed by atoms with van der Waals surface area (Å²) in [5, 5.41) is 9.11. The first-order chi connectivity index (χ1) is 8.88. The standard InChI is InChI=1S/C16H13N2.BrH/c17-11-14-6-1-2-7-15(14)12-18-10-9-13-5-3-4-8-16(13)18;/h1-8,10H,9,12H2;1H/q+1;/p-1. The van der Waals surface area contributed by atoms with Gasteiger partial charge in [-0.3, -0.25) is 0 Å². The summed E-state index contributed by atoms with van der Waals surface area (Å²) < 4.78 is 2.23. The van der Waals surface area contributed by atoms with Crippen LogP contribution in [0.4, 0.5) is 5.69 Å². The first kappa shape index (κ1) is 13.5. The molecule has 0 fully saturated rings. The summed E-state index contributed by atoms with van der Waals surface area (Å²) in [5.41, 5.74) is 4.44. The zero-order valence-electron chi connectivity index (χ0n) is 10.4. The molecule has 0 atom stereocenters. The number of hydrogen-bond acceptors (Lipinski definition) is 1. The Morgan fingerprint density at radius 2 is 1.79 bits per heavy atom. The van der Waals surface area contributed by atoms with Crippen molar-refractivity contribution in [1.82, 2.24) is 0 Å². The molecule has 0 aliphatic carbocycles. The SMILES string of the molecule is N#Cc1ccccc1C[N+]1=CCc2ccccc21.[Br-]. The molecule has 0 bridgehead atoms. The van der Waals surface area contributed by atoms with Gasteiger partial charge in [-0.15, -0.1) is 0 Å². The third-order valence-corrected chi connectivity index (χ3v) is 3.31. The molecule has 94 valence electrons. The highest BCUT2D eigenvalue weighted by Gasteiger charge is 2.21. The fourth-order valence-corrected chi connectivity index (χ4v) is 2.37. The van der Waals surface area contributed by atoms with Crippen LogP contribution in [-0.2, 0) is 13.0 Å². The van der Waals surface area contributed by atoms with Gasteiger partial charge in [-0.05, 0) is 6.07 Å². The molecule has 0 unspecified atom stereocenters. The summed E-state index contributed by atoms with van der Waals surface area (Å²) in [6.45, 7) is 0.765. The predicted molar refractivity (Wildman–Crippen MR) is 71.0 cm³/mol. The van der Waals surface area contributed by atoms with E-state index in [9.17, 15) is 0 Å². The van der Waals surface area contributed by atoms with Gasteiger partial charge < -0.3 is 17.0 Å². The van der Waals surface area contributed by atoms with E-state index in [2.05, 4.69) is 41.1 Å². The third kappa shape index (κ3) is 2.59. The van der Waals surface area contributed by atoms with E-state index in [1.165, 1.54) is 11.3 Å². The highest BCUT2D eigenvalue weighted by atomic mass is 79.9. The molecule has 2 aromatic carbocycles. The number of rotatable bonds is 2. The largest absolute Gasteiger partial charge is 1.00 e. The van der Waals surface area contributed by atoms with E-state index in [-0.39, 0.29) is 17.0 Å². The Kier molecular flexibility index (Phi) is 4.13. The first-order valence-corrected chi connectivity index (χ1v) is 6.04. The zero-order valence-corrected chi connectivity index (χ0v) is 12.0. The lowest BCUT2D eigenvalue weighted by Gasteiger charge is -2.02. The van der Waals surface area contributed by atoms with Crippen LogP contribution < -0.4 is 17.0 Å². The van der Waals surface area contributed by atoms with Crippen LogP contribution in [0.2, 0.25) is 0 Å². The van der Waals surface area contributed by atoms with Crippen LogP contribution in [-0.4, -0.2) is 10.8 Å². The number of nitrogens with zero attached hydrogens (tertiary/aromatic N) is 2. The molecule has 1 aliphatic heterocycles. The van der Waals surface area contributed by atoms with Crippen molar-refractivity contribution in [2.45, 2.75) is 13.0 Å². The van der Waals surface area contributed by atoms with Gasteiger partial charge in [0.25, 0.3) is 0 Å². The van der Waals surface area contributed by atoms with Crippen molar-refractivity contribution in [3.63, 3.8) is 0 Å². The van der Waals surface area contributed by atoms with Gasteiger partial charge >= 0.3 is 0 Å². The van der Waals surface area contributed by atoms with E-state index in [1.807, 2.05) is 24.3 Å². The molecule has 0 radical (unpaired) electrons. The highest BCUT2D eigenvalue weighted by Crippen LogP contribution is 2.25. The highest BCUT2D eigenvalue weighted by molar-refractivity contribution is 5.67. The molecule has 2 aromatic rings. The van der Waals surface area contributed by atoms with Gasteiger partial charge in [0.05, 0.1) is 18.1 Å². The maximum atomic E-state index is 9.11. The predicted octanol–water partition coefficient (Wildman–Crippen LogP) is 0.0334. The number of fused-ring (bicyclic) bond motifs is 1. The fourth-order valence-electron chi connectivity index (χ4n) is 2.37. The monoisotopic (exact) mass is 312 g/mol.